The number of rotatable bonds is 6. The molecule has 1 atom stereocenters. The Kier molecular flexibility index (Phi) is 6.69. The molecule has 2 N–H and O–H groups in total. The summed E-state index contributed by atoms with van der Waals surface area (Å²) in [7, 11) is 0. The van der Waals surface area contributed by atoms with Crippen LogP contribution in [0.25, 0.3) is 0 Å². The highest BCUT2D eigenvalue weighted by atomic mass is 32.2. The topological polar surface area (TPSA) is 70.6 Å². The van der Waals surface area contributed by atoms with E-state index in [4.69, 9.17) is 0 Å². The average molecular weight is 387 g/mol. The van der Waals surface area contributed by atoms with E-state index in [0.717, 1.165) is 24.2 Å². The molecule has 0 aromatic heterocycles. The van der Waals surface area contributed by atoms with Crippen LogP contribution in [-0.4, -0.2) is 28.8 Å². The molecule has 5 nitrogen and oxygen atoms in total. The number of hydrogen-bond acceptors (Lipinski definition) is 4. The molecule has 1 fully saturated rings. The van der Waals surface area contributed by atoms with Gasteiger partial charge in [-0.05, 0) is 24.5 Å². The Morgan fingerprint density at radius 2 is 2.04 bits per heavy atom. The summed E-state index contributed by atoms with van der Waals surface area (Å²) in [4.78, 5) is 27.8. The maximum Gasteiger partial charge on any atom is 0.418 e. The molecule has 0 radical (unpaired) electrons. The first-order valence-electron chi connectivity index (χ1n) is 8.16. The average Bonchev–Trinajstić information content (AvgIpc) is 2.85. The summed E-state index contributed by atoms with van der Waals surface area (Å²) in [5.41, 5.74) is -1.15. The molecule has 0 saturated carbocycles. The summed E-state index contributed by atoms with van der Waals surface area (Å²) in [5.74, 6) is -0.251. The minimum absolute atomic E-state index is 0.0471. The number of carbonyl (C=O) groups excluding carboxylic acids is 2. The quantitative estimate of drug-likeness (QED) is 0.785. The van der Waals surface area contributed by atoms with E-state index in [-0.39, 0.29) is 23.2 Å². The van der Waals surface area contributed by atoms with Crippen molar-refractivity contribution in [2.24, 2.45) is 10.9 Å². The number of thioether (sulfide) groups is 1. The van der Waals surface area contributed by atoms with Crippen molar-refractivity contribution in [3.05, 3.63) is 29.8 Å². The number of para-hydroxylation sites is 1. The Morgan fingerprint density at radius 3 is 2.69 bits per heavy atom. The highest BCUT2D eigenvalue weighted by Gasteiger charge is 2.35. The summed E-state index contributed by atoms with van der Waals surface area (Å²) in [5, 5.41) is 4.53. The van der Waals surface area contributed by atoms with Gasteiger partial charge in [-0.25, -0.2) is 4.99 Å². The number of amidine groups is 1. The Labute approximate surface area is 153 Å². The summed E-state index contributed by atoms with van der Waals surface area (Å²) in [6, 6.07) is 4.88. The lowest BCUT2D eigenvalue weighted by Crippen LogP contribution is -2.32. The molecule has 0 bridgehead atoms. The van der Waals surface area contributed by atoms with E-state index < -0.39 is 22.9 Å². The fourth-order valence-corrected chi connectivity index (χ4v) is 3.23. The number of nitrogens with one attached hydrogen (secondary N) is 2. The Balaban J connectivity index is 2.01. The van der Waals surface area contributed by atoms with Gasteiger partial charge in [0.05, 0.1) is 11.3 Å². The van der Waals surface area contributed by atoms with Gasteiger partial charge >= 0.3 is 6.18 Å². The molecule has 1 aliphatic rings. The zero-order valence-electron chi connectivity index (χ0n) is 14.4. The largest absolute Gasteiger partial charge is 0.418 e. The Bertz CT molecular complexity index is 705. The van der Waals surface area contributed by atoms with Gasteiger partial charge in [-0.3, -0.25) is 9.59 Å². The zero-order chi connectivity index (χ0) is 19.3. The third-order valence-electron chi connectivity index (χ3n) is 3.62. The second-order valence-electron chi connectivity index (χ2n) is 6.26. The molecule has 1 saturated heterocycles. The Morgan fingerprint density at radius 1 is 1.35 bits per heavy atom. The summed E-state index contributed by atoms with van der Waals surface area (Å²) in [6.45, 7) is 4.59. The van der Waals surface area contributed by atoms with E-state index in [2.05, 4.69) is 15.6 Å². The van der Waals surface area contributed by atoms with Gasteiger partial charge in [0.2, 0.25) is 11.8 Å². The molecule has 142 valence electrons. The molecule has 1 heterocycles. The predicted octanol–water partition coefficient (Wildman–Crippen LogP) is 3.48. The highest BCUT2D eigenvalue weighted by molar-refractivity contribution is 8.15. The van der Waals surface area contributed by atoms with Gasteiger partial charge in [0.15, 0.2) is 5.17 Å². The van der Waals surface area contributed by atoms with E-state index in [9.17, 15) is 22.8 Å². The fourth-order valence-electron chi connectivity index (χ4n) is 2.25. The number of aliphatic imine (C=N–C) groups is 1. The molecule has 1 aromatic carbocycles. The van der Waals surface area contributed by atoms with Crippen LogP contribution < -0.4 is 10.6 Å². The van der Waals surface area contributed by atoms with Gasteiger partial charge in [0.25, 0.3) is 0 Å². The molecule has 2 rings (SSSR count). The number of carbonyl (C=O) groups is 2. The molecule has 1 aliphatic heterocycles. The molecular formula is C17H20F3N3O2S. The number of benzene rings is 1. The zero-order valence-corrected chi connectivity index (χ0v) is 15.2. The van der Waals surface area contributed by atoms with Crippen LogP contribution in [0, 0.1) is 5.92 Å². The molecule has 0 aliphatic carbocycles. The van der Waals surface area contributed by atoms with E-state index in [1.54, 1.807) is 0 Å². The van der Waals surface area contributed by atoms with Crippen molar-refractivity contribution in [3.63, 3.8) is 0 Å². The maximum atomic E-state index is 13.0. The van der Waals surface area contributed by atoms with E-state index in [1.807, 2.05) is 13.8 Å². The highest BCUT2D eigenvalue weighted by Crippen LogP contribution is 2.37. The van der Waals surface area contributed by atoms with Gasteiger partial charge in [0, 0.05) is 13.0 Å². The number of nitrogens with zero attached hydrogens (tertiary/aromatic N) is 1. The minimum atomic E-state index is -4.54. The summed E-state index contributed by atoms with van der Waals surface area (Å²) >= 11 is 0.962. The smallest absolute Gasteiger partial charge is 0.356 e. The summed E-state index contributed by atoms with van der Waals surface area (Å²) in [6.07, 6.45) is -3.76. The van der Waals surface area contributed by atoms with Crippen LogP contribution in [-0.2, 0) is 15.8 Å². The molecule has 0 unspecified atom stereocenters. The lowest BCUT2D eigenvalue weighted by atomic mass is 10.1. The third-order valence-corrected chi connectivity index (χ3v) is 4.70. The molecule has 0 spiro atoms. The predicted molar refractivity (Wildman–Crippen MR) is 95.1 cm³/mol. The molecular weight excluding hydrogens is 367 g/mol. The second kappa shape index (κ2) is 8.57. The molecule has 9 heteroatoms. The van der Waals surface area contributed by atoms with Crippen LogP contribution >= 0.6 is 11.8 Å². The van der Waals surface area contributed by atoms with Crippen LogP contribution in [0.3, 0.4) is 0 Å². The van der Waals surface area contributed by atoms with Crippen LogP contribution in [0.15, 0.2) is 29.3 Å². The van der Waals surface area contributed by atoms with Gasteiger partial charge < -0.3 is 10.6 Å². The van der Waals surface area contributed by atoms with Crippen molar-refractivity contribution in [1.82, 2.24) is 10.6 Å². The summed E-state index contributed by atoms with van der Waals surface area (Å²) < 4.78 is 39.0. The first-order chi connectivity index (χ1) is 12.2. The SMILES string of the molecule is CC(C)CCNC(=O)C[C@@H]1SC(=Nc2ccccc2C(F)(F)F)NC1=O. The van der Waals surface area contributed by atoms with Crippen molar-refractivity contribution < 1.29 is 22.8 Å². The standard InChI is InChI=1S/C17H20F3N3O2S/c1-10(2)7-8-21-14(24)9-13-15(25)23-16(26-13)22-12-6-4-3-5-11(12)17(18,19)20/h3-6,10,13H,7-9H2,1-2H3,(H,21,24)(H,22,23,25)/t13-/m0/s1. The van der Waals surface area contributed by atoms with Crippen LogP contribution in [0.4, 0.5) is 18.9 Å². The third kappa shape index (κ3) is 5.76. The van der Waals surface area contributed by atoms with Crippen LogP contribution in [0.1, 0.15) is 32.3 Å². The van der Waals surface area contributed by atoms with Crippen molar-refractivity contribution in [2.75, 3.05) is 6.54 Å². The monoisotopic (exact) mass is 387 g/mol. The Hall–Kier alpha value is -2.03. The molecule has 2 amide bonds. The lowest BCUT2D eigenvalue weighted by molar-refractivity contribution is -0.137. The van der Waals surface area contributed by atoms with E-state index in [0.29, 0.717) is 12.5 Å². The van der Waals surface area contributed by atoms with Gasteiger partial charge in [-0.2, -0.15) is 13.2 Å². The van der Waals surface area contributed by atoms with Crippen LogP contribution in [0.2, 0.25) is 0 Å². The van der Waals surface area contributed by atoms with Crippen molar-refractivity contribution in [3.8, 4) is 0 Å². The van der Waals surface area contributed by atoms with Crippen molar-refractivity contribution >= 4 is 34.4 Å². The number of hydrogen-bond donors (Lipinski definition) is 2. The number of alkyl halides is 3. The minimum Gasteiger partial charge on any atom is -0.356 e. The first-order valence-corrected chi connectivity index (χ1v) is 9.04. The normalized spacial score (nSPS) is 19.1. The first kappa shape index (κ1) is 20.3. The number of amides is 2. The van der Waals surface area contributed by atoms with E-state index >= 15 is 0 Å². The van der Waals surface area contributed by atoms with Crippen molar-refractivity contribution in [2.45, 2.75) is 38.1 Å². The number of halogens is 3. The van der Waals surface area contributed by atoms with E-state index in [1.165, 1.54) is 18.2 Å². The van der Waals surface area contributed by atoms with Crippen LogP contribution in [0.5, 0.6) is 0 Å². The fraction of sp³-hybridized carbons (Fsp3) is 0.471. The lowest BCUT2D eigenvalue weighted by Gasteiger charge is -2.09. The van der Waals surface area contributed by atoms with Crippen molar-refractivity contribution in [1.29, 1.82) is 0 Å². The van der Waals surface area contributed by atoms with Gasteiger partial charge in [0.1, 0.15) is 5.25 Å². The maximum absolute atomic E-state index is 13.0. The van der Waals surface area contributed by atoms with Gasteiger partial charge in [-0.15, -0.1) is 0 Å². The molecule has 1 aromatic rings. The molecule has 26 heavy (non-hydrogen) atoms. The second-order valence-corrected chi connectivity index (χ2v) is 7.46. The van der Waals surface area contributed by atoms with Gasteiger partial charge in [-0.1, -0.05) is 37.7 Å².